The van der Waals surface area contributed by atoms with E-state index in [1.807, 2.05) is 27.2 Å². The van der Waals surface area contributed by atoms with Gasteiger partial charge < -0.3 is 4.57 Å². The van der Waals surface area contributed by atoms with Gasteiger partial charge in [-0.25, -0.2) is 4.98 Å². The van der Waals surface area contributed by atoms with Gasteiger partial charge in [0.1, 0.15) is 0 Å². The van der Waals surface area contributed by atoms with Crippen LogP contribution in [0.5, 0.6) is 0 Å². The third-order valence-electron chi connectivity index (χ3n) is 2.42. The third kappa shape index (κ3) is 2.38. The molecule has 0 N–H and O–H groups in total. The predicted molar refractivity (Wildman–Crippen MR) is 66.2 cm³/mol. The largest absolute Gasteiger partial charge is 0.334 e. The smallest absolute Gasteiger partial charge is 0.0955 e. The first kappa shape index (κ1) is 11.8. The molecule has 0 saturated carbocycles. The monoisotopic (exact) mass is 204 g/mol. The van der Waals surface area contributed by atoms with Gasteiger partial charge in [0.15, 0.2) is 0 Å². The number of aromatic nitrogens is 2. The summed E-state index contributed by atoms with van der Waals surface area (Å²) in [6, 6.07) is 6.46. The summed E-state index contributed by atoms with van der Waals surface area (Å²) in [5.41, 5.74) is 3.66. The molecule has 2 nitrogen and oxygen atoms in total. The van der Waals surface area contributed by atoms with Crippen molar-refractivity contribution in [2.75, 3.05) is 0 Å². The van der Waals surface area contributed by atoms with Gasteiger partial charge in [0, 0.05) is 7.05 Å². The predicted octanol–water partition coefficient (Wildman–Crippen LogP) is 3.72. The molecule has 2 aromatic rings. The minimum Gasteiger partial charge on any atom is -0.334 e. The Balaban J connectivity index is 0.000000531. The summed E-state index contributed by atoms with van der Waals surface area (Å²) < 4.78 is 2.06. The van der Waals surface area contributed by atoms with Gasteiger partial charge in [-0.05, 0) is 23.6 Å². The summed E-state index contributed by atoms with van der Waals surface area (Å²) in [6.07, 6.45) is 1.86. The molecule has 0 radical (unpaired) electrons. The van der Waals surface area contributed by atoms with Crippen molar-refractivity contribution in [3.8, 4) is 0 Å². The van der Waals surface area contributed by atoms with Crippen LogP contribution in [-0.4, -0.2) is 9.55 Å². The van der Waals surface area contributed by atoms with Gasteiger partial charge in [-0.2, -0.15) is 0 Å². The van der Waals surface area contributed by atoms with Crippen molar-refractivity contribution >= 4 is 11.0 Å². The number of nitrogens with zero attached hydrogens (tertiary/aromatic N) is 2. The van der Waals surface area contributed by atoms with Crippen LogP contribution >= 0.6 is 0 Å². The second-order valence-electron chi connectivity index (χ2n) is 3.76. The Morgan fingerprint density at radius 2 is 1.87 bits per heavy atom. The molecule has 2 heteroatoms. The molecule has 0 unspecified atom stereocenters. The molecule has 0 bridgehead atoms. The number of benzene rings is 1. The van der Waals surface area contributed by atoms with Crippen LogP contribution in [0.2, 0.25) is 0 Å². The molecule has 1 heterocycles. The molecular formula is C13H20N2. The summed E-state index contributed by atoms with van der Waals surface area (Å²) in [7, 11) is 2.03. The lowest BCUT2D eigenvalue weighted by Gasteiger charge is -2.04. The summed E-state index contributed by atoms with van der Waals surface area (Å²) in [6.45, 7) is 8.41. The summed E-state index contributed by atoms with van der Waals surface area (Å²) in [5.74, 6) is 0.583. The minimum atomic E-state index is 0.583. The molecule has 15 heavy (non-hydrogen) atoms. The van der Waals surface area contributed by atoms with Gasteiger partial charge in [0.25, 0.3) is 0 Å². The number of hydrogen-bond acceptors (Lipinski definition) is 1. The van der Waals surface area contributed by atoms with E-state index in [1.54, 1.807) is 0 Å². The highest BCUT2D eigenvalue weighted by atomic mass is 15.0. The Morgan fingerprint density at radius 1 is 1.20 bits per heavy atom. The summed E-state index contributed by atoms with van der Waals surface area (Å²) in [4.78, 5) is 4.28. The summed E-state index contributed by atoms with van der Waals surface area (Å²) in [5, 5.41) is 0. The number of aryl methyl sites for hydroxylation is 1. The fraction of sp³-hybridized carbons (Fsp3) is 0.462. The zero-order valence-corrected chi connectivity index (χ0v) is 10.3. The van der Waals surface area contributed by atoms with Crippen LogP contribution in [0.3, 0.4) is 0 Å². The molecule has 0 aliphatic carbocycles. The molecule has 0 amide bonds. The molecule has 82 valence electrons. The van der Waals surface area contributed by atoms with Crippen molar-refractivity contribution in [1.29, 1.82) is 0 Å². The first-order valence-corrected chi connectivity index (χ1v) is 5.59. The van der Waals surface area contributed by atoms with Gasteiger partial charge in [-0.1, -0.05) is 33.8 Å². The average Bonchev–Trinajstić information content (AvgIpc) is 2.63. The van der Waals surface area contributed by atoms with Crippen molar-refractivity contribution in [2.45, 2.75) is 33.6 Å². The van der Waals surface area contributed by atoms with E-state index in [0.29, 0.717) is 5.92 Å². The van der Waals surface area contributed by atoms with E-state index in [9.17, 15) is 0 Å². The SMILES string of the molecule is CC.CC(C)c1ccc2ncn(C)c2c1. The molecule has 0 atom stereocenters. The normalized spacial score (nSPS) is 10.3. The fourth-order valence-electron chi connectivity index (χ4n) is 1.50. The van der Waals surface area contributed by atoms with Crippen molar-refractivity contribution in [1.82, 2.24) is 9.55 Å². The zero-order chi connectivity index (χ0) is 11.4. The van der Waals surface area contributed by atoms with Crippen LogP contribution in [0.1, 0.15) is 39.2 Å². The Kier molecular flexibility index (Phi) is 3.89. The third-order valence-corrected chi connectivity index (χ3v) is 2.42. The Morgan fingerprint density at radius 3 is 2.47 bits per heavy atom. The van der Waals surface area contributed by atoms with E-state index < -0.39 is 0 Å². The van der Waals surface area contributed by atoms with Crippen molar-refractivity contribution in [3.63, 3.8) is 0 Å². The van der Waals surface area contributed by atoms with Crippen LogP contribution in [0.25, 0.3) is 11.0 Å². The number of imidazole rings is 1. The van der Waals surface area contributed by atoms with Gasteiger partial charge in [-0.3, -0.25) is 0 Å². The molecule has 0 spiro atoms. The maximum absolute atomic E-state index is 4.28. The van der Waals surface area contributed by atoms with E-state index in [-0.39, 0.29) is 0 Å². The Labute approximate surface area is 91.9 Å². The quantitative estimate of drug-likeness (QED) is 0.692. The lowest BCUT2D eigenvalue weighted by atomic mass is 10.0. The van der Waals surface area contributed by atoms with Gasteiger partial charge in [0.05, 0.1) is 17.4 Å². The first-order chi connectivity index (χ1) is 7.18. The standard InChI is InChI=1S/C11H14N2.C2H6/c1-8(2)9-4-5-10-11(6-9)13(3)7-12-10;1-2/h4-8H,1-3H3;1-2H3. The Bertz CT molecular complexity index is 427. The number of rotatable bonds is 1. The van der Waals surface area contributed by atoms with Gasteiger partial charge >= 0.3 is 0 Å². The molecule has 0 aliphatic heterocycles. The highest BCUT2D eigenvalue weighted by Crippen LogP contribution is 2.19. The van der Waals surface area contributed by atoms with E-state index in [4.69, 9.17) is 0 Å². The fourth-order valence-corrected chi connectivity index (χ4v) is 1.50. The molecule has 0 saturated heterocycles. The van der Waals surface area contributed by atoms with E-state index in [1.165, 1.54) is 11.1 Å². The first-order valence-electron chi connectivity index (χ1n) is 5.59. The lowest BCUT2D eigenvalue weighted by Crippen LogP contribution is -1.89. The van der Waals surface area contributed by atoms with Crippen molar-refractivity contribution in [2.24, 2.45) is 7.05 Å². The highest BCUT2D eigenvalue weighted by Gasteiger charge is 2.03. The van der Waals surface area contributed by atoms with E-state index in [2.05, 4.69) is 41.6 Å². The van der Waals surface area contributed by atoms with E-state index >= 15 is 0 Å². The zero-order valence-electron chi connectivity index (χ0n) is 10.3. The molecule has 0 aliphatic rings. The highest BCUT2D eigenvalue weighted by molar-refractivity contribution is 5.76. The van der Waals surface area contributed by atoms with Crippen molar-refractivity contribution < 1.29 is 0 Å². The second-order valence-corrected chi connectivity index (χ2v) is 3.76. The van der Waals surface area contributed by atoms with Crippen molar-refractivity contribution in [3.05, 3.63) is 30.1 Å². The maximum Gasteiger partial charge on any atom is 0.0955 e. The number of hydrogen-bond donors (Lipinski definition) is 0. The average molecular weight is 204 g/mol. The topological polar surface area (TPSA) is 17.8 Å². The lowest BCUT2D eigenvalue weighted by molar-refractivity contribution is 0.865. The molecule has 2 rings (SSSR count). The van der Waals surface area contributed by atoms with Crippen LogP contribution in [0, 0.1) is 0 Å². The van der Waals surface area contributed by atoms with Gasteiger partial charge in [-0.15, -0.1) is 0 Å². The molecule has 1 aromatic heterocycles. The van der Waals surface area contributed by atoms with Crippen LogP contribution in [0.4, 0.5) is 0 Å². The Hall–Kier alpha value is -1.31. The summed E-state index contributed by atoms with van der Waals surface area (Å²) >= 11 is 0. The van der Waals surface area contributed by atoms with E-state index in [0.717, 1.165) is 5.52 Å². The molecular weight excluding hydrogens is 184 g/mol. The molecule has 0 fully saturated rings. The van der Waals surface area contributed by atoms with Crippen LogP contribution in [-0.2, 0) is 7.05 Å². The second kappa shape index (κ2) is 4.96. The minimum absolute atomic E-state index is 0.583. The maximum atomic E-state index is 4.28. The van der Waals surface area contributed by atoms with Crippen LogP contribution < -0.4 is 0 Å². The van der Waals surface area contributed by atoms with Crippen LogP contribution in [0.15, 0.2) is 24.5 Å². The number of fused-ring (bicyclic) bond motifs is 1. The van der Waals surface area contributed by atoms with Gasteiger partial charge in [0.2, 0.25) is 0 Å². The molecule has 1 aromatic carbocycles.